The predicted octanol–water partition coefficient (Wildman–Crippen LogP) is 1.23. The number of para-hydroxylation sites is 1. The van der Waals surface area contributed by atoms with Gasteiger partial charge in [0.05, 0.1) is 5.69 Å². The molecule has 0 saturated heterocycles. The Hall–Kier alpha value is -1.97. The highest BCUT2D eigenvalue weighted by molar-refractivity contribution is 5.93. The average molecular weight is 176 g/mol. The Kier molecular flexibility index (Phi) is 1.48. The van der Waals surface area contributed by atoms with Gasteiger partial charge >= 0.3 is 0 Å². The van der Waals surface area contributed by atoms with Crippen molar-refractivity contribution in [3.8, 4) is 11.6 Å². The number of nitrogens with zero attached hydrogens (tertiary/aromatic N) is 1. The Bertz CT molecular complexity index is 468. The molecule has 1 heterocycles. The zero-order valence-electron chi connectivity index (χ0n) is 6.73. The second-order valence-corrected chi connectivity index (χ2v) is 2.74. The van der Waals surface area contributed by atoms with E-state index in [2.05, 4.69) is 4.98 Å². The van der Waals surface area contributed by atoms with Crippen molar-refractivity contribution < 1.29 is 10.2 Å². The third-order valence-electron chi connectivity index (χ3n) is 1.84. The Morgan fingerprint density at radius 2 is 2.00 bits per heavy atom. The highest BCUT2D eigenvalue weighted by Gasteiger charge is 2.05. The summed E-state index contributed by atoms with van der Waals surface area (Å²) in [5.74, 6) is -0.252. The Labute approximate surface area is 74.3 Å². The molecule has 2 aromatic rings. The molecule has 0 aliphatic carbocycles. The summed E-state index contributed by atoms with van der Waals surface area (Å²) in [6, 6.07) is 6.25. The van der Waals surface area contributed by atoms with Gasteiger partial charge < -0.3 is 15.9 Å². The van der Waals surface area contributed by atoms with Crippen LogP contribution in [0.4, 0.5) is 5.69 Å². The van der Waals surface area contributed by atoms with Crippen LogP contribution < -0.4 is 5.73 Å². The van der Waals surface area contributed by atoms with E-state index in [1.165, 1.54) is 6.07 Å². The molecule has 2 rings (SSSR count). The van der Waals surface area contributed by atoms with Gasteiger partial charge in [-0.3, -0.25) is 0 Å². The number of nitrogens with two attached hydrogens (primary N) is 1. The monoisotopic (exact) mass is 176 g/mol. The molecule has 0 aliphatic heterocycles. The molecule has 0 aliphatic rings. The molecular formula is C9H8N2O2. The van der Waals surface area contributed by atoms with Gasteiger partial charge in [0.15, 0.2) is 0 Å². The van der Waals surface area contributed by atoms with Crippen LogP contribution in [0.3, 0.4) is 0 Å². The molecule has 0 spiro atoms. The average Bonchev–Trinajstić information content (AvgIpc) is 2.07. The fraction of sp³-hybridized carbons (Fsp3) is 0. The van der Waals surface area contributed by atoms with Crippen molar-refractivity contribution >= 4 is 16.6 Å². The highest BCUT2D eigenvalue weighted by Crippen LogP contribution is 2.29. The van der Waals surface area contributed by atoms with Crippen LogP contribution >= 0.6 is 0 Å². The minimum absolute atomic E-state index is 0.0187. The van der Waals surface area contributed by atoms with Crippen LogP contribution in [-0.4, -0.2) is 15.2 Å². The van der Waals surface area contributed by atoms with E-state index in [9.17, 15) is 5.11 Å². The molecule has 0 radical (unpaired) electrons. The zero-order chi connectivity index (χ0) is 9.42. The first-order valence-corrected chi connectivity index (χ1v) is 3.75. The number of rotatable bonds is 0. The lowest BCUT2D eigenvalue weighted by molar-refractivity contribution is 0.440. The molecule has 0 fully saturated rings. The fourth-order valence-corrected chi connectivity index (χ4v) is 1.24. The third kappa shape index (κ3) is 1.12. The first-order chi connectivity index (χ1) is 6.18. The summed E-state index contributed by atoms with van der Waals surface area (Å²) in [4.78, 5) is 3.81. The van der Waals surface area contributed by atoms with Gasteiger partial charge in [0.1, 0.15) is 11.3 Å². The number of hydrogen-bond donors (Lipinski definition) is 3. The molecule has 13 heavy (non-hydrogen) atoms. The van der Waals surface area contributed by atoms with Gasteiger partial charge in [0, 0.05) is 11.5 Å². The molecule has 0 bridgehead atoms. The number of anilines is 1. The highest BCUT2D eigenvalue weighted by atomic mass is 16.3. The first kappa shape index (κ1) is 7.67. The van der Waals surface area contributed by atoms with Crippen molar-refractivity contribution in [2.75, 3.05) is 5.73 Å². The number of benzene rings is 1. The summed E-state index contributed by atoms with van der Waals surface area (Å²) >= 11 is 0. The van der Waals surface area contributed by atoms with E-state index in [-0.39, 0.29) is 11.6 Å². The first-order valence-electron chi connectivity index (χ1n) is 3.75. The van der Waals surface area contributed by atoms with Crippen LogP contribution in [0.1, 0.15) is 0 Å². The van der Waals surface area contributed by atoms with Gasteiger partial charge in [-0.1, -0.05) is 6.07 Å². The van der Waals surface area contributed by atoms with Crippen LogP contribution in [0.25, 0.3) is 10.9 Å². The number of aromatic hydroxyl groups is 2. The lowest BCUT2D eigenvalue weighted by Crippen LogP contribution is -1.89. The summed E-state index contributed by atoms with van der Waals surface area (Å²) < 4.78 is 0. The second kappa shape index (κ2) is 2.52. The van der Waals surface area contributed by atoms with E-state index in [0.717, 1.165) is 0 Å². The summed E-state index contributed by atoms with van der Waals surface area (Å²) in [5, 5.41) is 19.1. The second-order valence-electron chi connectivity index (χ2n) is 2.74. The summed E-state index contributed by atoms with van der Waals surface area (Å²) in [6.45, 7) is 0. The van der Waals surface area contributed by atoms with Crippen molar-refractivity contribution in [1.29, 1.82) is 0 Å². The molecule has 0 atom stereocenters. The van der Waals surface area contributed by atoms with E-state index in [0.29, 0.717) is 16.6 Å². The van der Waals surface area contributed by atoms with Crippen molar-refractivity contribution in [2.24, 2.45) is 0 Å². The van der Waals surface area contributed by atoms with Gasteiger partial charge in [0.2, 0.25) is 5.88 Å². The Balaban J connectivity index is 2.94. The molecular weight excluding hydrogens is 168 g/mol. The molecule has 0 saturated carbocycles. The number of hydrogen-bond acceptors (Lipinski definition) is 4. The SMILES string of the molecule is Nc1cccc2c(O)cc(O)nc12. The molecule has 1 aromatic carbocycles. The molecule has 66 valence electrons. The minimum Gasteiger partial charge on any atom is -0.507 e. The Morgan fingerprint density at radius 1 is 1.23 bits per heavy atom. The predicted molar refractivity (Wildman–Crippen MR) is 49.5 cm³/mol. The van der Waals surface area contributed by atoms with Crippen molar-refractivity contribution in [3.63, 3.8) is 0 Å². The molecule has 0 amide bonds. The topological polar surface area (TPSA) is 79.4 Å². The van der Waals surface area contributed by atoms with Gasteiger partial charge in [-0.15, -0.1) is 0 Å². The van der Waals surface area contributed by atoms with Crippen molar-refractivity contribution in [3.05, 3.63) is 24.3 Å². The van der Waals surface area contributed by atoms with Crippen LogP contribution in [0.15, 0.2) is 24.3 Å². The van der Waals surface area contributed by atoms with Crippen LogP contribution in [0, 0.1) is 0 Å². The number of fused-ring (bicyclic) bond motifs is 1. The van der Waals surface area contributed by atoms with Gasteiger partial charge in [0.25, 0.3) is 0 Å². The number of pyridine rings is 1. The van der Waals surface area contributed by atoms with Crippen LogP contribution in [0.2, 0.25) is 0 Å². The van der Waals surface area contributed by atoms with E-state index in [1.54, 1.807) is 18.2 Å². The van der Waals surface area contributed by atoms with E-state index < -0.39 is 0 Å². The maximum absolute atomic E-state index is 9.42. The minimum atomic E-state index is -0.233. The lowest BCUT2D eigenvalue weighted by Gasteiger charge is -2.03. The van der Waals surface area contributed by atoms with Gasteiger partial charge in [-0.05, 0) is 12.1 Å². The number of nitrogen functional groups attached to an aromatic ring is 1. The van der Waals surface area contributed by atoms with E-state index in [4.69, 9.17) is 10.8 Å². The summed E-state index contributed by atoms with van der Waals surface area (Å²) in [5.41, 5.74) is 6.46. The number of aromatic nitrogens is 1. The molecule has 4 heteroatoms. The maximum atomic E-state index is 9.42. The largest absolute Gasteiger partial charge is 0.507 e. The fourth-order valence-electron chi connectivity index (χ4n) is 1.24. The van der Waals surface area contributed by atoms with E-state index in [1.807, 2.05) is 0 Å². The third-order valence-corrected chi connectivity index (χ3v) is 1.84. The molecule has 1 aromatic heterocycles. The smallest absolute Gasteiger partial charge is 0.215 e. The van der Waals surface area contributed by atoms with Gasteiger partial charge in [-0.25, -0.2) is 4.98 Å². The molecule has 4 nitrogen and oxygen atoms in total. The van der Waals surface area contributed by atoms with E-state index >= 15 is 0 Å². The maximum Gasteiger partial charge on any atom is 0.215 e. The van der Waals surface area contributed by atoms with Crippen LogP contribution in [0.5, 0.6) is 11.6 Å². The van der Waals surface area contributed by atoms with Crippen LogP contribution in [-0.2, 0) is 0 Å². The van der Waals surface area contributed by atoms with Crippen molar-refractivity contribution in [2.45, 2.75) is 0 Å². The molecule has 0 unspecified atom stereocenters. The standard InChI is InChI=1S/C9H8N2O2/c10-6-3-1-2-5-7(12)4-8(13)11-9(5)6/h1-4H,10H2,(H2,11,12,13). The summed E-state index contributed by atoms with van der Waals surface area (Å²) in [6.07, 6.45) is 0. The Morgan fingerprint density at radius 3 is 2.77 bits per heavy atom. The van der Waals surface area contributed by atoms with Crippen molar-refractivity contribution in [1.82, 2.24) is 4.98 Å². The lowest BCUT2D eigenvalue weighted by atomic mass is 10.2. The molecule has 4 N–H and O–H groups in total. The normalized spacial score (nSPS) is 10.5. The van der Waals surface area contributed by atoms with Gasteiger partial charge in [-0.2, -0.15) is 0 Å². The zero-order valence-corrected chi connectivity index (χ0v) is 6.73. The summed E-state index contributed by atoms with van der Waals surface area (Å²) in [7, 11) is 0. The quantitative estimate of drug-likeness (QED) is 0.527.